The number of thioether (sulfide) groups is 1. The first-order valence-electron chi connectivity index (χ1n) is 7.24. The predicted octanol–water partition coefficient (Wildman–Crippen LogP) is 2.62. The minimum atomic E-state index is 0.00516. The Labute approximate surface area is 137 Å². The van der Waals surface area contributed by atoms with E-state index in [1.54, 1.807) is 11.8 Å². The highest BCUT2D eigenvalue weighted by atomic mass is 32.2. The zero-order valence-electron chi connectivity index (χ0n) is 12.3. The molecule has 1 aliphatic rings. The molecule has 0 saturated carbocycles. The molecule has 22 heavy (non-hydrogen) atoms. The molecule has 5 nitrogen and oxygen atoms in total. The molecule has 1 unspecified atom stereocenters. The van der Waals surface area contributed by atoms with Gasteiger partial charge in [-0.15, -0.1) is 10.2 Å². The molecule has 2 heterocycles. The largest absolute Gasteiger partial charge is 0.316 e. The fraction of sp³-hybridized carbons (Fsp3) is 0.400. The van der Waals surface area contributed by atoms with Crippen LogP contribution in [0.3, 0.4) is 0 Å². The van der Waals surface area contributed by atoms with Gasteiger partial charge in [-0.2, -0.15) is 0 Å². The number of anilines is 1. The van der Waals surface area contributed by atoms with Gasteiger partial charge in [0.05, 0.1) is 0 Å². The first-order valence-corrected chi connectivity index (χ1v) is 9.04. The maximum Gasteiger partial charge on any atom is 0.229 e. The highest BCUT2D eigenvalue weighted by molar-refractivity contribution is 8.00. The van der Waals surface area contributed by atoms with Gasteiger partial charge in [-0.3, -0.25) is 4.79 Å². The van der Waals surface area contributed by atoms with Gasteiger partial charge in [0.25, 0.3) is 0 Å². The van der Waals surface area contributed by atoms with E-state index in [1.165, 1.54) is 16.9 Å². The van der Waals surface area contributed by atoms with E-state index in [9.17, 15) is 4.79 Å². The zero-order valence-corrected chi connectivity index (χ0v) is 13.9. The fourth-order valence-electron chi connectivity index (χ4n) is 2.14. The van der Waals surface area contributed by atoms with Crippen LogP contribution in [0.15, 0.2) is 34.7 Å². The summed E-state index contributed by atoms with van der Waals surface area (Å²) < 4.78 is 0.872. The summed E-state index contributed by atoms with van der Waals surface area (Å²) in [5, 5.41) is 14.8. The lowest BCUT2D eigenvalue weighted by atomic mass is 9.88. The van der Waals surface area contributed by atoms with Gasteiger partial charge in [-0.1, -0.05) is 60.4 Å². The van der Waals surface area contributed by atoms with Gasteiger partial charge in [-0.05, 0) is 24.6 Å². The van der Waals surface area contributed by atoms with Gasteiger partial charge >= 0.3 is 0 Å². The average molecular weight is 334 g/mol. The van der Waals surface area contributed by atoms with E-state index < -0.39 is 0 Å². The van der Waals surface area contributed by atoms with Crippen molar-refractivity contribution in [3.05, 3.63) is 35.9 Å². The van der Waals surface area contributed by atoms with Gasteiger partial charge in [-0.25, -0.2) is 0 Å². The molecule has 1 aromatic carbocycles. The molecule has 2 N–H and O–H groups in total. The molecule has 1 aliphatic heterocycles. The lowest BCUT2D eigenvalue weighted by molar-refractivity contribution is -0.121. The monoisotopic (exact) mass is 334 g/mol. The van der Waals surface area contributed by atoms with Crippen molar-refractivity contribution in [2.45, 2.75) is 17.0 Å². The maximum atomic E-state index is 12.1. The summed E-state index contributed by atoms with van der Waals surface area (Å²) in [5.74, 6) is 1.32. The van der Waals surface area contributed by atoms with Crippen LogP contribution >= 0.6 is 23.1 Å². The molecule has 0 radical (unpaired) electrons. The summed E-state index contributed by atoms with van der Waals surface area (Å²) in [7, 11) is 0. The number of hydrogen-bond donors (Lipinski definition) is 2. The normalized spacial score (nSPS) is 16.0. The molecule has 0 aliphatic carbocycles. The van der Waals surface area contributed by atoms with Crippen molar-refractivity contribution in [1.82, 2.24) is 15.5 Å². The Balaban J connectivity index is 1.51. The highest BCUT2D eigenvalue weighted by Crippen LogP contribution is 2.28. The summed E-state index contributed by atoms with van der Waals surface area (Å²) in [6, 6.07) is 10.2. The first kappa shape index (κ1) is 15.5. The predicted molar refractivity (Wildman–Crippen MR) is 90.1 cm³/mol. The number of aromatic nitrogens is 2. The molecule has 0 bridgehead atoms. The second kappa shape index (κ2) is 7.21. The Kier molecular flexibility index (Phi) is 5.07. The Morgan fingerprint density at radius 2 is 2.18 bits per heavy atom. The van der Waals surface area contributed by atoms with E-state index in [0.717, 1.165) is 23.2 Å². The van der Waals surface area contributed by atoms with Gasteiger partial charge < -0.3 is 10.6 Å². The number of rotatable bonds is 6. The van der Waals surface area contributed by atoms with Crippen LogP contribution in [0.1, 0.15) is 12.5 Å². The van der Waals surface area contributed by atoms with E-state index in [-0.39, 0.29) is 11.8 Å². The number of hydrogen-bond acceptors (Lipinski definition) is 6. The van der Waals surface area contributed by atoms with Gasteiger partial charge in [0.15, 0.2) is 4.34 Å². The molecule has 1 amide bonds. The van der Waals surface area contributed by atoms with Crippen molar-refractivity contribution in [3.63, 3.8) is 0 Å². The van der Waals surface area contributed by atoms with E-state index in [2.05, 4.69) is 33.0 Å². The van der Waals surface area contributed by atoms with Crippen molar-refractivity contribution >= 4 is 34.1 Å². The quantitative estimate of drug-likeness (QED) is 0.628. The van der Waals surface area contributed by atoms with Crippen LogP contribution in [0.4, 0.5) is 5.13 Å². The van der Waals surface area contributed by atoms with Crippen molar-refractivity contribution in [2.24, 2.45) is 11.8 Å². The maximum absolute atomic E-state index is 12.1. The lowest BCUT2D eigenvalue weighted by Gasteiger charge is -2.31. The summed E-state index contributed by atoms with van der Waals surface area (Å²) in [6.45, 7) is 3.80. The van der Waals surface area contributed by atoms with Crippen molar-refractivity contribution in [1.29, 1.82) is 0 Å². The topological polar surface area (TPSA) is 66.9 Å². The first-order chi connectivity index (χ1) is 10.7. The molecule has 1 saturated heterocycles. The second-order valence-electron chi connectivity index (χ2n) is 5.34. The van der Waals surface area contributed by atoms with Crippen LogP contribution in [0.2, 0.25) is 0 Å². The van der Waals surface area contributed by atoms with Gasteiger partial charge in [0.2, 0.25) is 11.0 Å². The van der Waals surface area contributed by atoms with Gasteiger partial charge in [0.1, 0.15) is 0 Å². The molecule has 0 spiro atoms. The minimum absolute atomic E-state index is 0.00516. The van der Waals surface area contributed by atoms with Crippen LogP contribution in [-0.4, -0.2) is 29.2 Å². The summed E-state index contributed by atoms with van der Waals surface area (Å²) in [5.41, 5.74) is 1.25. The van der Waals surface area contributed by atoms with Crippen LogP contribution in [0.25, 0.3) is 0 Å². The highest BCUT2D eigenvalue weighted by Gasteiger charge is 2.29. The molecule has 1 aromatic heterocycles. The Morgan fingerprint density at radius 3 is 2.86 bits per heavy atom. The van der Waals surface area contributed by atoms with Gasteiger partial charge in [0, 0.05) is 11.7 Å². The number of nitrogens with zero attached hydrogens (tertiary/aromatic N) is 2. The summed E-state index contributed by atoms with van der Waals surface area (Å²) in [4.78, 5) is 12.1. The van der Waals surface area contributed by atoms with E-state index >= 15 is 0 Å². The third kappa shape index (κ3) is 3.85. The molecule has 3 rings (SSSR count). The van der Waals surface area contributed by atoms with Crippen molar-refractivity contribution < 1.29 is 4.79 Å². The average Bonchev–Trinajstić information content (AvgIpc) is 2.92. The van der Waals surface area contributed by atoms with Crippen LogP contribution in [0, 0.1) is 11.8 Å². The molecular weight excluding hydrogens is 316 g/mol. The van der Waals surface area contributed by atoms with Crippen molar-refractivity contribution in [3.8, 4) is 0 Å². The number of benzene rings is 1. The van der Waals surface area contributed by atoms with Crippen LogP contribution < -0.4 is 10.6 Å². The third-order valence-electron chi connectivity index (χ3n) is 3.78. The number of carbonyl (C=O) groups excluding carboxylic acids is 1. The number of nitrogens with one attached hydrogen (secondary N) is 2. The van der Waals surface area contributed by atoms with E-state index in [4.69, 9.17) is 0 Å². The van der Waals surface area contributed by atoms with E-state index in [1.807, 2.05) is 25.1 Å². The number of carbonyl (C=O) groups is 1. The minimum Gasteiger partial charge on any atom is -0.316 e. The fourth-order valence-corrected chi connectivity index (χ4v) is 3.85. The SMILES string of the molecule is CC(C(=O)Nc1nnc(SCc2ccccc2)s1)C1CNC1. The van der Waals surface area contributed by atoms with Crippen LogP contribution in [0.5, 0.6) is 0 Å². The Hall–Kier alpha value is -1.44. The summed E-state index contributed by atoms with van der Waals surface area (Å²) >= 11 is 3.06. The second-order valence-corrected chi connectivity index (χ2v) is 7.54. The molecule has 2 aromatic rings. The van der Waals surface area contributed by atoms with Crippen LogP contribution in [-0.2, 0) is 10.5 Å². The number of amides is 1. The third-order valence-corrected chi connectivity index (χ3v) is 5.82. The molecule has 1 fully saturated rings. The molecule has 1 atom stereocenters. The molecule has 116 valence electrons. The Bertz CT molecular complexity index is 627. The Morgan fingerprint density at radius 1 is 1.41 bits per heavy atom. The summed E-state index contributed by atoms with van der Waals surface area (Å²) in [6.07, 6.45) is 0. The standard InChI is InChI=1S/C15H18N4OS2/c1-10(12-7-16-8-12)13(20)17-14-18-19-15(22-14)21-9-11-5-3-2-4-6-11/h2-6,10,12,16H,7-9H2,1H3,(H,17,18,20). The van der Waals surface area contributed by atoms with E-state index in [0.29, 0.717) is 11.0 Å². The van der Waals surface area contributed by atoms with Crippen molar-refractivity contribution in [2.75, 3.05) is 18.4 Å². The molecular formula is C15H18N4OS2. The lowest BCUT2D eigenvalue weighted by Crippen LogP contribution is -2.48. The smallest absolute Gasteiger partial charge is 0.229 e. The molecule has 7 heteroatoms. The zero-order chi connectivity index (χ0) is 15.4.